The Kier molecular flexibility index (Phi) is 11.6. The summed E-state index contributed by atoms with van der Waals surface area (Å²) in [5.41, 5.74) is 3.32. The van der Waals surface area contributed by atoms with E-state index in [1.165, 1.54) is 5.01 Å². The molecule has 2 aromatic rings. The van der Waals surface area contributed by atoms with Gasteiger partial charge in [-0.2, -0.15) is 5.10 Å². The first-order valence-corrected chi connectivity index (χ1v) is 13.9. The number of nitrogens with one attached hydrogen (secondary N) is 1. The number of ether oxygens (including phenoxy) is 3. The van der Waals surface area contributed by atoms with Crippen LogP contribution in [0.3, 0.4) is 0 Å². The lowest BCUT2D eigenvalue weighted by Gasteiger charge is -2.29. The highest BCUT2D eigenvalue weighted by Gasteiger charge is 2.29. The summed E-state index contributed by atoms with van der Waals surface area (Å²) >= 11 is 0. The van der Waals surface area contributed by atoms with E-state index in [9.17, 15) is 9.59 Å². The standard InChI is InChI=1S/C30H42N4O5/c1-6-23-20-28(35)34(32-29(23)24-13-16-26(37-5)27(19-24)38-9-4)21-22-11-14-25(15-12-22)31-30(36)39-18-10-17-33(7-2)8-3/h11-16,19,23H,6-10,17-18,20-21H2,1-5H3,(H,31,36). The van der Waals surface area contributed by atoms with Crippen LogP contribution in [-0.4, -0.2) is 67.6 Å². The molecule has 0 bridgehead atoms. The van der Waals surface area contributed by atoms with E-state index in [-0.39, 0.29) is 11.8 Å². The van der Waals surface area contributed by atoms with E-state index in [1.54, 1.807) is 19.2 Å². The fourth-order valence-corrected chi connectivity index (χ4v) is 4.55. The predicted octanol–water partition coefficient (Wildman–Crippen LogP) is 5.54. The van der Waals surface area contributed by atoms with E-state index in [2.05, 4.69) is 31.0 Å². The average molecular weight is 539 g/mol. The van der Waals surface area contributed by atoms with Gasteiger partial charge in [-0.15, -0.1) is 0 Å². The highest BCUT2D eigenvalue weighted by molar-refractivity contribution is 6.06. The summed E-state index contributed by atoms with van der Waals surface area (Å²) < 4.78 is 16.5. The fraction of sp³-hybridized carbons (Fsp3) is 0.500. The van der Waals surface area contributed by atoms with Crippen LogP contribution in [0.25, 0.3) is 0 Å². The van der Waals surface area contributed by atoms with E-state index >= 15 is 0 Å². The summed E-state index contributed by atoms with van der Waals surface area (Å²) in [6.07, 6.45) is 1.52. The molecule has 1 unspecified atom stereocenters. The number of carbonyl (C=O) groups excluding carboxylic acids is 2. The third-order valence-electron chi connectivity index (χ3n) is 6.86. The smallest absolute Gasteiger partial charge is 0.411 e. The Morgan fingerprint density at radius 3 is 2.46 bits per heavy atom. The van der Waals surface area contributed by atoms with Crippen molar-refractivity contribution in [3.8, 4) is 11.5 Å². The summed E-state index contributed by atoms with van der Waals surface area (Å²) in [5, 5.41) is 9.07. The number of anilines is 1. The lowest BCUT2D eigenvalue weighted by molar-refractivity contribution is -0.133. The van der Waals surface area contributed by atoms with Crippen LogP contribution < -0.4 is 14.8 Å². The highest BCUT2D eigenvalue weighted by Crippen LogP contribution is 2.32. The van der Waals surface area contributed by atoms with Crippen molar-refractivity contribution in [1.29, 1.82) is 0 Å². The van der Waals surface area contributed by atoms with Gasteiger partial charge in [0.25, 0.3) is 0 Å². The number of hydrazone groups is 1. The summed E-state index contributed by atoms with van der Waals surface area (Å²) in [6.45, 7) is 12.3. The van der Waals surface area contributed by atoms with Crippen molar-refractivity contribution < 1.29 is 23.8 Å². The topological polar surface area (TPSA) is 92.7 Å². The molecule has 9 heteroatoms. The molecule has 2 aromatic carbocycles. The summed E-state index contributed by atoms with van der Waals surface area (Å²) in [6, 6.07) is 13.1. The number of rotatable bonds is 14. The zero-order chi connectivity index (χ0) is 28.2. The van der Waals surface area contributed by atoms with E-state index in [1.807, 2.05) is 37.3 Å². The second kappa shape index (κ2) is 15.1. The molecular weight excluding hydrogens is 496 g/mol. The van der Waals surface area contributed by atoms with Crippen molar-refractivity contribution in [2.24, 2.45) is 11.0 Å². The van der Waals surface area contributed by atoms with Gasteiger partial charge < -0.3 is 19.1 Å². The minimum Gasteiger partial charge on any atom is -0.493 e. The van der Waals surface area contributed by atoms with Gasteiger partial charge in [0.1, 0.15) is 0 Å². The molecule has 1 heterocycles. The van der Waals surface area contributed by atoms with Crippen molar-refractivity contribution in [3.63, 3.8) is 0 Å². The normalized spacial score (nSPS) is 15.2. The largest absolute Gasteiger partial charge is 0.493 e. The molecule has 0 saturated carbocycles. The van der Waals surface area contributed by atoms with Gasteiger partial charge in [-0.1, -0.05) is 32.9 Å². The number of carbonyl (C=O) groups is 2. The molecule has 0 fully saturated rings. The molecule has 0 saturated heterocycles. The van der Waals surface area contributed by atoms with E-state index in [0.717, 1.165) is 49.3 Å². The van der Waals surface area contributed by atoms with Crippen molar-refractivity contribution >= 4 is 23.4 Å². The van der Waals surface area contributed by atoms with E-state index in [0.29, 0.717) is 43.4 Å². The van der Waals surface area contributed by atoms with Crippen molar-refractivity contribution in [1.82, 2.24) is 9.91 Å². The van der Waals surface area contributed by atoms with Gasteiger partial charge in [0.05, 0.1) is 32.6 Å². The van der Waals surface area contributed by atoms with Gasteiger partial charge in [-0.3, -0.25) is 10.1 Å². The number of methoxy groups -OCH3 is 1. The van der Waals surface area contributed by atoms with Gasteiger partial charge >= 0.3 is 6.09 Å². The molecular formula is C30H42N4O5. The molecule has 1 aliphatic rings. The molecule has 0 radical (unpaired) electrons. The monoisotopic (exact) mass is 538 g/mol. The average Bonchev–Trinajstić information content (AvgIpc) is 2.95. The SMILES string of the molecule is CCOc1cc(C2=NN(Cc3ccc(NC(=O)OCCCN(CC)CC)cc3)C(=O)CC2CC)ccc1OC. The van der Waals surface area contributed by atoms with Crippen molar-refractivity contribution in [3.05, 3.63) is 53.6 Å². The lowest BCUT2D eigenvalue weighted by atomic mass is 9.89. The van der Waals surface area contributed by atoms with Crippen LogP contribution in [0.1, 0.15) is 58.1 Å². The maximum absolute atomic E-state index is 12.9. The number of hydrogen-bond acceptors (Lipinski definition) is 7. The van der Waals surface area contributed by atoms with Gasteiger partial charge in [0, 0.05) is 30.1 Å². The first kappa shape index (κ1) is 30.0. The molecule has 0 aliphatic carbocycles. The Hall–Kier alpha value is -3.59. The molecule has 3 rings (SSSR count). The Labute approximate surface area is 232 Å². The molecule has 1 atom stereocenters. The lowest BCUT2D eigenvalue weighted by Crippen LogP contribution is -2.36. The minimum absolute atomic E-state index is 0.0142. The molecule has 2 amide bonds. The zero-order valence-corrected chi connectivity index (χ0v) is 23.9. The van der Waals surface area contributed by atoms with Crippen LogP contribution in [0.15, 0.2) is 47.6 Å². The van der Waals surface area contributed by atoms with Crippen molar-refractivity contribution in [2.75, 3.05) is 45.3 Å². The third-order valence-corrected chi connectivity index (χ3v) is 6.86. The molecule has 212 valence electrons. The quantitative estimate of drug-likeness (QED) is 0.318. The minimum atomic E-state index is -0.473. The number of nitrogens with zero attached hydrogens (tertiary/aromatic N) is 3. The summed E-state index contributed by atoms with van der Waals surface area (Å²) in [5.74, 6) is 1.33. The Bertz CT molecular complexity index is 1110. The Morgan fingerprint density at radius 1 is 1.08 bits per heavy atom. The van der Waals surface area contributed by atoms with Crippen LogP contribution in [0.5, 0.6) is 11.5 Å². The van der Waals surface area contributed by atoms with Crippen LogP contribution in [-0.2, 0) is 16.1 Å². The van der Waals surface area contributed by atoms with E-state index in [4.69, 9.17) is 19.3 Å². The highest BCUT2D eigenvalue weighted by atomic mass is 16.5. The van der Waals surface area contributed by atoms with Crippen LogP contribution in [0.4, 0.5) is 10.5 Å². The van der Waals surface area contributed by atoms with Crippen LogP contribution in [0.2, 0.25) is 0 Å². The van der Waals surface area contributed by atoms with Crippen molar-refractivity contribution in [2.45, 2.75) is 53.5 Å². The number of amides is 2. The molecule has 1 N–H and O–H groups in total. The van der Waals surface area contributed by atoms with Crippen LogP contribution >= 0.6 is 0 Å². The number of benzene rings is 2. The Balaban J connectivity index is 1.64. The molecule has 0 aromatic heterocycles. The maximum Gasteiger partial charge on any atom is 0.411 e. The third kappa shape index (κ3) is 8.45. The second-order valence-corrected chi connectivity index (χ2v) is 9.38. The summed E-state index contributed by atoms with van der Waals surface area (Å²) in [4.78, 5) is 27.4. The molecule has 0 spiro atoms. The maximum atomic E-state index is 12.9. The van der Waals surface area contributed by atoms with Gasteiger partial charge in [-0.25, -0.2) is 9.80 Å². The van der Waals surface area contributed by atoms with E-state index < -0.39 is 6.09 Å². The molecule has 1 aliphatic heterocycles. The second-order valence-electron chi connectivity index (χ2n) is 9.38. The Morgan fingerprint density at radius 2 is 1.82 bits per heavy atom. The summed E-state index contributed by atoms with van der Waals surface area (Å²) in [7, 11) is 1.61. The zero-order valence-electron chi connectivity index (χ0n) is 23.9. The fourth-order valence-electron chi connectivity index (χ4n) is 4.55. The van der Waals surface area contributed by atoms with Gasteiger partial charge in [0.15, 0.2) is 11.5 Å². The van der Waals surface area contributed by atoms with Crippen LogP contribution in [0, 0.1) is 5.92 Å². The number of hydrogen-bond donors (Lipinski definition) is 1. The first-order valence-electron chi connectivity index (χ1n) is 13.9. The molecule has 9 nitrogen and oxygen atoms in total. The van der Waals surface area contributed by atoms with Gasteiger partial charge in [-0.05, 0) is 68.8 Å². The van der Waals surface area contributed by atoms with Gasteiger partial charge in [0.2, 0.25) is 5.91 Å². The first-order chi connectivity index (χ1) is 18.9. The predicted molar refractivity (Wildman–Crippen MR) is 153 cm³/mol. The molecule has 39 heavy (non-hydrogen) atoms.